The van der Waals surface area contributed by atoms with E-state index in [0.29, 0.717) is 11.1 Å². The van der Waals surface area contributed by atoms with Crippen molar-refractivity contribution in [2.75, 3.05) is 5.32 Å². The zero-order valence-corrected chi connectivity index (χ0v) is 16.0. The van der Waals surface area contributed by atoms with E-state index < -0.39 is 17.5 Å². The molecule has 0 atom stereocenters. The SMILES string of the molecule is Cc1nn(CC(=O)Nc2nc(-c3cc(F)ccc3F)cs2)c(=O)c2ccccc12. The molecule has 4 rings (SSSR count). The van der Waals surface area contributed by atoms with Crippen LogP contribution in [0.25, 0.3) is 22.0 Å². The molecule has 0 spiro atoms. The number of benzene rings is 2. The summed E-state index contributed by atoms with van der Waals surface area (Å²) in [6.07, 6.45) is 0. The topological polar surface area (TPSA) is 76.9 Å². The molecule has 9 heteroatoms. The molecule has 0 aliphatic rings. The Morgan fingerprint density at radius 3 is 2.72 bits per heavy atom. The molecular formula is C20H14F2N4O2S. The van der Waals surface area contributed by atoms with Gasteiger partial charge in [-0.15, -0.1) is 11.3 Å². The van der Waals surface area contributed by atoms with E-state index in [1.165, 1.54) is 5.38 Å². The van der Waals surface area contributed by atoms with E-state index >= 15 is 0 Å². The maximum Gasteiger partial charge on any atom is 0.275 e. The van der Waals surface area contributed by atoms with Crippen LogP contribution in [0.1, 0.15) is 5.69 Å². The Morgan fingerprint density at radius 1 is 1.17 bits per heavy atom. The third kappa shape index (κ3) is 3.77. The maximum atomic E-state index is 13.9. The minimum Gasteiger partial charge on any atom is -0.300 e. The zero-order chi connectivity index (χ0) is 20.5. The van der Waals surface area contributed by atoms with Gasteiger partial charge in [-0.1, -0.05) is 18.2 Å². The Kier molecular flexibility index (Phi) is 4.89. The number of anilines is 1. The lowest BCUT2D eigenvalue weighted by Crippen LogP contribution is -2.30. The van der Waals surface area contributed by atoms with Crippen molar-refractivity contribution in [1.29, 1.82) is 0 Å². The third-order valence-corrected chi connectivity index (χ3v) is 5.06. The standard InChI is InChI=1S/C20H14F2N4O2S/c1-11-13-4-2-3-5-14(13)19(28)26(25-11)9-18(27)24-20-23-17(10-29-20)15-8-12(21)6-7-16(15)22/h2-8,10H,9H2,1H3,(H,23,24,27). The Hall–Kier alpha value is -3.46. The first-order chi connectivity index (χ1) is 13.9. The minimum absolute atomic E-state index is 0.00443. The lowest BCUT2D eigenvalue weighted by Gasteiger charge is -2.08. The van der Waals surface area contributed by atoms with Gasteiger partial charge in [-0.25, -0.2) is 18.4 Å². The van der Waals surface area contributed by atoms with E-state index in [4.69, 9.17) is 0 Å². The average molecular weight is 412 g/mol. The second-order valence-corrected chi connectivity index (χ2v) is 7.16. The molecule has 2 heterocycles. The van der Waals surface area contributed by atoms with Crippen molar-refractivity contribution in [2.24, 2.45) is 0 Å². The number of hydrogen-bond acceptors (Lipinski definition) is 5. The fraction of sp³-hybridized carbons (Fsp3) is 0.100. The number of fused-ring (bicyclic) bond motifs is 1. The molecule has 29 heavy (non-hydrogen) atoms. The number of nitrogens with one attached hydrogen (secondary N) is 1. The fourth-order valence-corrected chi connectivity index (χ4v) is 3.68. The first-order valence-electron chi connectivity index (χ1n) is 8.59. The number of rotatable bonds is 4. The van der Waals surface area contributed by atoms with E-state index in [0.717, 1.165) is 39.6 Å². The van der Waals surface area contributed by atoms with Crippen molar-refractivity contribution in [3.63, 3.8) is 0 Å². The second-order valence-electron chi connectivity index (χ2n) is 6.30. The van der Waals surface area contributed by atoms with Gasteiger partial charge < -0.3 is 5.32 Å². The molecule has 0 saturated heterocycles. The minimum atomic E-state index is -0.614. The summed E-state index contributed by atoms with van der Waals surface area (Å²) in [4.78, 5) is 29.1. The average Bonchev–Trinajstić information content (AvgIpc) is 3.16. The van der Waals surface area contributed by atoms with Crippen LogP contribution in [-0.2, 0) is 11.3 Å². The van der Waals surface area contributed by atoms with Crippen LogP contribution in [0, 0.1) is 18.6 Å². The highest BCUT2D eigenvalue weighted by molar-refractivity contribution is 7.14. The summed E-state index contributed by atoms with van der Waals surface area (Å²) in [6, 6.07) is 10.1. The lowest BCUT2D eigenvalue weighted by molar-refractivity contribution is -0.117. The number of thiazole rings is 1. The molecule has 0 fully saturated rings. The number of aryl methyl sites for hydroxylation is 1. The predicted octanol–water partition coefficient (Wildman–Crippen LogP) is 3.75. The van der Waals surface area contributed by atoms with Gasteiger partial charge in [0.2, 0.25) is 5.91 Å². The predicted molar refractivity (Wildman–Crippen MR) is 107 cm³/mol. The smallest absolute Gasteiger partial charge is 0.275 e. The highest BCUT2D eigenvalue weighted by Gasteiger charge is 2.14. The molecule has 0 unspecified atom stereocenters. The molecule has 1 amide bonds. The van der Waals surface area contributed by atoms with Crippen LogP contribution in [0.4, 0.5) is 13.9 Å². The lowest BCUT2D eigenvalue weighted by atomic mass is 10.1. The van der Waals surface area contributed by atoms with Gasteiger partial charge >= 0.3 is 0 Å². The van der Waals surface area contributed by atoms with Gasteiger partial charge in [0.05, 0.1) is 16.8 Å². The second kappa shape index (κ2) is 7.51. The van der Waals surface area contributed by atoms with Crippen LogP contribution in [0.15, 0.2) is 52.6 Å². The number of carbonyl (C=O) groups excluding carboxylic acids is 1. The van der Waals surface area contributed by atoms with Crippen molar-refractivity contribution in [2.45, 2.75) is 13.5 Å². The molecule has 4 aromatic rings. The molecule has 2 aromatic carbocycles. The summed E-state index contributed by atoms with van der Waals surface area (Å²) in [6.45, 7) is 1.46. The van der Waals surface area contributed by atoms with Crippen LogP contribution in [0.2, 0.25) is 0 Å². The van der Waals surface area contributed by atoms with Gasteiger partial charge in [-0.05, 0) is 31.2 Å². The first kappa shape index (κ1) is 18.9. The summed E-state index contributed by atoms with van der Waals surface area (Å²) < 4.78 is 28.4. The Morgan fingerprint density at radius 2 is 1.93 bits per heavy atom. The normalized spacial score (nSPS) is 11.0. The molecule has 0 radical (unpaired) electrons. The maximum absolute atomic E-state index is 13.9. The Balaban J connectivity index is 1.55. The number of carbonyl (C=O) groups is 1. The monoisotopic (exact) mass is 412 g/mol. The number of halogens is 2. The van der Waals surface area contributed by atoms with E-state index in [2.05, 4.69) is 15.4 Å². The highest BCUT2D eigenvalue weighted by Crippen LogP contribution is 2.27. The molecule has 2 aromatic heterocycles. The van der Waals surface area contributed by atoms with Crippen LogP contribution >= 0.6 is 11.3 Å². The van der Waals surface area contributed by atoms with Gasteiger partial charge in [-0.2, -0.15) is 5.10 Å². The third-order valence-electron chi connectivity index (χ3n) is 4.30. The fourth-order valence-electron chi connectivity index (χ4n) is 2.96. The van der Waals surface area contributed by atoms with Crippen LogP contribution in [-0.4, -0.2) is 20.7 Å². The van der Waals surface area contributed by atoms with Gasteiger partial charge in [0.15, 0.2) is 5.13 Å². The van der Waals surface area contributed by atoms with E-state index in [1.807, 2.05) is 6.07 Å². The quantitative estimate of drug-likeness (QED) is 0.554. The van der Waals surface area contributed by atoms with E-state index in [9.17, 15) is 18.4 Å². The van der Waals surface area contributed by atoms with Crippen LogP contribution in [0.3, 0.4) is 0 Å². The number of nitrogens with zero attached hydrogens (tertiary/aromatic N) is 3. The number of hydrogen-bond donors (Lipinski definition) is 1. The summed E-state index contributed by atoms with van der Waals surface area (Å²) in [5, 5.41) is 9.68. The Labute approximate surface area is 167 Å². The zero-order valence-electron chi connectivity index (χ0n) is 15.1. The molecule has 0 bridgehead atoms. The molecule has 0 aliphatic heterocycles. The van der Waals surface area contributed by atoms with Gasteiger partial charge in [-0.3, -0.25) is 9.59 Å². The molecular weight excluding hydrogens is 398 g/mol. The van der Waals surface area contributed by atoms with E-state index in [-0.39, 0.29) is 28.5 Å². The summed E-state index contributed by atoms with van der Waals surface area (Å²) >= 11 is 1.07. The van der Waals surface area contributed by atoms with Crippen molar-refractivity contribution >= 4 is 33.1 Å². The van der Waals surface area contributed by atoms with E-state index in [1.54, 1.807) is 25.1 Å². The van der Waals surface area contributed by atoms with Crippen molar-refractivity contribution in [1.82, 2.24) is 14.8 Å². The first-order valence-corrected chi connectivity index (χ1v) is 9.47. The summed E-state index contributed by atoms with van der Waals surface area (Å²) in [5.41, 5.74) is 0.470. The summed E-state index contributed by atoms with van der Waals surface area (Å²) in [5.74, 6) is -1.70. The van der Waals surface area contributed by atoms with Crippen molar-refractivity contribution in [3.05, 3.63) is 75.5 Å². The van der Waals surface area contributed by atoms with Crippen LogP contribution < -0.4 is 10.9 Å². The highest BCUT2D eigenvalue weighted by atomic mass is 32.1. The van der Waals surface area contributed by atoms with Gasteiger partial charge in [0.1, 0.15) is 18.2 Å². The van der Waals surface area contributed by atoms with Gasteiger partial charge in [0, 0.05) is 16.3 Å². The molecule has 6 nitrogen and oxygen atoms in total. The molecule has 0 saturated carbocycles. The Bertz CT molecular complexity index is 1300. The molecule has 0 aliphatic carbocycles. The number of aromatic nitrogens is 3. The van der Waals surface area contributed by atoms with Crippen molar-refractivity contribution < 1.29 is 13.6 Å². The molecule has 1 N–H and O–H groups in total. The summed E-state index contributed by atoms with van der Waals surface area (Å²) in [7, 11) is 0. The van der Waals surface area contributed by atoms with Crippen LogP contribution in [0.5, 0.6) is 0 Å². The number of amides is 1. The van der Waals surface area contributed by atoms with Gasteiger partial charge in [0.25, 0.3) is 5.56 Å². The molecule has 146 valence electrons. The largest absolute Gasteiger partial charge is 0.300 e. The van der Waals surface area contributed by atoms with Crippen molar-refractivity contribution in [3.8, 4) is 11.3 Å².